The lowest BCUT2D eigenvalue weighted by Gasteiger charge is -2.43. The lowest BCUT2D eigenvalue weighted by Crippen LogP contribution is -2.35. The van der Waals surface area contributed by atoms with Crippen molar-refractivity contribution >= 4 is 11.3 Å². The summed E-state index contributed by atoms with van der Waals surface area (Å²) in [4.78, 5) is 14.8. The van der Waals surface area contributed by atoms with Gasteiger partial charge in [0.2, 0.25) is 5.82 Å². The fourth-order valence-corrected chi connectivity index (χ4v) is 3.65. The highest BCUT2D eigenvalue weighted by Crippen LogP contribution is 2.51. The van der Waals surface area contributed by atoms with Crippen LogP contribution in [0.1, 0.15) is 23.1 Å². The summed E-state index contributed by atoms with van der Waals surface area (Å²) in [6.45, 7) is 0. The summed E-state index contributed by atoms with van der Waals surface area (Å²) >= 11 is 0. The van der Waals surface area contributed by atoms with Crippen molar-refractivity contribution in [2.45, 2.75) is 6.04 Å². The largest absolute Gasteiger partial charge is 0.358 e. The van der Waals surface area contributed by atoms with Crippen molar-refractivity contribution in [1.29, 1.82) is 0 Å². The predicted molar refractivity (Wildman–Crippen MR) is 105 cm³/mol. The lowest BCUT2D eigenvalue weighted by atomic mass is 9.83. The first-order valence-electron chi connectivity index (χ1n) is 9.11. The van der Waals surface area contributed by atoms with Gasteiger partial charge in [0.1, 0.15) is 17.2 Å². The standard InChI is InChI=1S/C22H16FN5O/c1-28-19(15-6-2-3-7-16(15)23)18(14-9-12-24-13-10-14)20(28)22-26-21(27-29-22)17-8-4-5-11-25-17/h2-13,19H,1H3. The van der Waals surface area contributed by atoms with E-state index in [0.29, 0.717) is 23.0 Å². The second kappa shape index (κ2) is 6.94. The summed E-state index contributed by atoms with van der Waals surface area (Å²) in [6, 6.07) is 15.8. The molecule has 1 atom stereocenters. The molecule has 0 amide bonds. The number of aromatic nitrogens is 4. The highest BCUT2D eigenvalue weighted by atomic mass is 19.1. The van der Waals surface area contributed by atoms with Crippen LogP contribution in [0.5, 0.6) is 0 Å². The smallest absolute Gasteiger partial charge is 0.274 e. The van der Waals surface area contributed by atoms with Gasteiger partial charge in [-0.3, -0.25) is 9.97 Å². The summed E-state index contributed by atoms with van der Waals surface area (Å²) in [6.07, 6.45) is 5.10. The van der Waals surface area contributed by atoms with E-state index in [2.05, 4.69) is 20.1 Å². The van der Waals surface area contributed by atoms with E-state index in [4.69, 9.17) is 4.52 Å². The van der Waals surface area contributed by atoms with Gasteiger partial charge in [0.25, 0.3) is 5.89 Å². The van der Waals surface area contributed by atoms with Gasteiger partial charge in [-0.2, -0.15) is 4.98 Å². The molecular weight excluding hydrogens is 369 g/mol. The number of halogens is 1. The van der Waals surface area contributed by atoms with E-state index in [9.17, 15) is 4.39 Å². The molecule has 6 nitrogen and oxygen atoms in total. The molecule has 1 unspecified atom stereocenters. The molecule has 1 aliphatic rings. The molecule has 1 aromatic carbocycles. The van der Waals surface area contributed by atoms with Crippen LogP contribution < -0.4 is 0 Å². The van der Waals surface area contributed by atoms with Gasteiger partial charge in [0, 0.05) is 36.8 Å². The summed E-state index contributed by atoms with van der Waals surface area (Å²) in [5.41, 5.74) is 3.82. The summed E-state index contributed by atoms with van der Waals surface area (Å²) in [5, 5.41) is 4.07. The van der Waals surface area contributed by atoms with Crippen molar-refractivity contribution in [2.24, 2.45) is 0 Å². The molecule has 3 aromatic heterocycles. The van der Waals surface area contributed by atoms with Crippen molar-refractivity contribution in [3.8, 4) is 11.5 Å². The van der Waals surface area contributed by atoms with E-state index in [1.54, 1.807) is 30.7 Å². The Morgan fingerprint density at radius 1 is 0.966 bits per heavy atom. The zero-order valence-electron chi connectivity index (χ0n) is 15.5. The van der Waals surface area contributed by atoms with Gasteiger partial charge in [-0.15, -0.1) is 0 Å². The lowest BCUT2D eigenvalue weighted by molar-refractivity contribution is 0.337. The van der Waals surface area contributed by atoms with Crippen molar-refractivity contribution in [2.75, 3.05) is 7.05 Å². The van der Waals surface area contributed by atoms with Crippen molar-refractivity contribution in [3.63, 3.8) is 0 Å². The minimum Gasteiger partial charge on any atom is -0.358 e. The molecule has 0 bridgehead atoms. The minimum absolute atomic E-state index is 0.255. The van der Waals surface area contributed by atoms with Gasteiger partial charge in [-0.05, 0) is 35.9 Å². The van der Waals surface area contributed by atoms with E-state index in [1.807, 2.05) is 48.3 Å². The molecule has 4 aromatic rings. The first-order chi connectivity index (χ1) is 14.2. The zero-order chi connectivity index (χ0) is 19.8. The van der Waals surface area contributed by atoms with Gasteiger partial charge in [0.15, 0.2) is 0 Å². The molecule has 0 aliphatic carbocycles. The van der Waals surface area contributed by atoms with Crippen LogP contribution >= 0.6 is 0 Å². The second-order valence-corrected chi connectivity index (χ2v) is 6.67. The highest BCUT2D eigenvalue weighted by molar-refractivity contribution is 5.97. The number of hydrogen-bond donors (Lipinski definition) is 0. The van der Waals surface area contributed by atoms with Crippen molar-refractivity contribution in [3.05, 3.63) is 96.0 Å². The molecule has 1 aliphatic heterocycles. The molecule has 4 heterocycles. The first-order valence-corrected chi connectivity index (χ1v) is 9.11. The number of rotatable bonds is 4. The second-order valence-electron chi connectivity index (χ2n) is 6.67. The van der Waals surface area contributed by atoms with Gasteiger partial charge < -0.3 is 9.42 Å². The Kier molecular flexibility index (Phi) is 4.13. The Bertz CT molecular complexity index is 1190. The average Bonchev–Trinajstić information content (AvgIpc) is 3.24. The maximum absolute atomic E-state index is 14.6. The van der Waals surface area contributed by atoms with Crippen LogP contribution in [0.4, 0.5) is 4.39 Å². The van der Waals surface area contributed by atoms with Gasteiger partial charge in [-0.1, -0.05) is 29.4 Å². The Balaban J connectivity index is 1.64. The third kappa shape index (κ3) is 2.87. The number of pyridine rings is 2. The maximum Gasteiger partial charge on any atom is 0.274 e. The molecular formula is C22H16FN5O. The van der Waals surface area contributed by atoms with Gasteiger partial charge in [0.05, 0.1) is 6.04 Å². The highest BCUT2D eigenvalue weighted by Gasteiger charge is 2.41. The van der Waals surface area contributed by atoms with E-state index in [-0.39, 0.29) is 11.9 Å². The Morgan fingerprint density at radius 2 is 1.76 bits per heavy atom. The number of nitrogens with zero attached hydrogens (tertiary/aromatic N) is 5. The topological polar surface area (TPSA) is 67.9 Å². The third-order valence-corrected chi connectivity index (χ3v) is 4.98. The molecule has 5 rings (SSSR count). The van der Waals surface area contributed by atoms with E-state index >= 15 is 0 Å². The van der Waals surface area contributed by atoms with Crippen LogP contribution in [0.25, 0.3) is 22.8 Å². The molecule has 142 valence electrons. The molecule has 0 fully saturated rings. The minimum atomic E-state index is -0.265. The molecule has 0 radical (unpaired) electrons. The first kappa shape index (κ1) is 17.2. The Labute approximate surface area is 166 Å². The Morgan fingerprint density at radius 3 is 2.52 bits per heavy atom. The van der Waals surface area contributed by atoms with Crippen LogP contribution in [0, 0.1) is 5.82 Å². The normalized spacial score (nSPS) is 16.1. The summed E-state index contributed by atoms with van der Waals surface area (Å²) < 4.78 is 20.1. The third-order valence-electron chi connectivity index (χ3n) is 4.98. The predicted octanol–water partition coefficient (Wildman–Crippen LogP) is 4.22. The quantitative estimate of drug-likeness (QED) is 0.524. The van der Waals surface area contributed by atoms with Gasteiger partial charge in [-0.25, -0.2) is 4.39 Å². The fourth-order valence-electron chi connectivity index (χ4n) is 3.65. The fraction of sp³-hybridized carbons (Fsp3) is 0.0909. The van der Waals surface area contributed by atoms with Crippen LogP contribution in [-0.4, -0.2) is 32.1 Å². The molecule has 0 N–H and O–H groups in total. The number of benzene rings is 1. The number of likely N-dealkylation sites (N-methyl/N-ethyl adjacent to an activating group) is 1. The van der Waals surface area contributed by atoms with Crippen molar-refractivity contribution < 1.29 is 8.91 Å². The molecule has 7 heteroatoms. The summed E-state index contributed by atoms with van der Waals surface area (Å²) in [7, 11) is 1.89. The van der Waals surface area contributed by atoms with Crippen LogP contribution in [-0.2, 0) is 0 Å². The van der Waals surface area contributed by atoms with E-state index < -0.39 is 0 Å². The van der Waals surface area contributed by atoms with Crippen LogP contribution in [0.15, 0.2) is 77.7 Å². The number of hydrogen-bond acceptors (Lipinski definition) is 6. The molecule has 0 saturated heterocycles. The monoisotopic (exact) mass is 385 g/mol. The van der Waals surface area contributed by atoms with Crippen molar-refractivity contribution in [1.82, 2.24) is 25.0 Å². The Hall–Kier alpha value is -3.87. The maximum atomic E-state index is 14.6. The molecule has 29 heavy (non-hydrogen) atoms. The van der Waals surface area contributed by atoms with Gasteiger partial charge >= 0.3 is 0 Å². The van der Waals surface area contributed by atoms with E-state index in [0.717, 1.165) is 16.8 Å². The van der Waals surface area contributed by atoms with E-state index in [1.165, 1.54) is 6.07 Å². The van der Waals surface area contributed by atoms with Crippen LogP contribution in [0.3, 0.4) is 0 Å². The zero-order valence-corrected chi connectivity index (χ0v) is 15.5. The van der Waals surface area contributed by atoms with Crippen LogP contribution in [0.2, 0.25) is 0 Å². The SMILES string of the molecule is CN1C(c2nc(-c3ccccn3)no2)=C(c2ccncc2)C1c1ccccc1F. The average molecular weight is 385 g/mol. The molecule has 0 saturated carbocycles. The molecule has 0 spiro atoms. The summed E-state index contributed by atoms with van der Waals surface area (Å²) in [5.74, 6) is 0.520.